The van der Waals surface area contributed by atoms with Crippen molar-refractivity contribution < 1.29 is 47.7 Å². The molecule has 1 aliphatic heterocycles. The topological polar surface area (TPSA) is 132 Å². The number of benzene rings is 1. The molecular formula is C42H52O10. The third-order valence-electron chi connectivity index (χ3n) is 15.1. The summed E-state index contributed by atoms with van der Waals surface area (Å²) in [5.74, 6) is -2.31. The Hall–Kier alpha value is -3.95. The van der Waals surface area contributed by atoms with Gasteiger partial charge in [0.2, 0.25) is 0 Å². The Morgan fingerprint density at radius 3 is 2.15 bits per heavy atom. The summed E-state index contributed by atoms with van der Waals surface area (Å²) < 4.78 is 31.7. The maximum atomic E-state index is 14.4. The number of rotatable bonds is 5. The zero-order valence-corrected chi connectivity index (χ0v) is 32.0. The summed E-state index contributed by atoms with van der Waals surface area (Å²) in [7, 11) is 1.52. The van der Waals surface area contributed by atoms with E-state index in [1.807, 2.05) is 39.8 Å². The smallest absolute Gasteiger partial charge is 0.338 e. The van der Waals surface area contributed by atoms with Crippen LogP contribution in [0.3, 0.4) is 0 Å². The van der Waals surface area contributed by atoms with Gasteiger partial charge in [-0.2, -0.15) is 0 Å². The van der Waals surface area contributed by atoms with Crippen molar-refractivity contribution in [2.75, 3.05) is 7.11 Å². The van der Waals surface area contributed by atoms with E-state index in [0.29, 0.717) is 24.2 Å². The minimum Gasteiger partial charge on any atom is -0.493 e. The summed E-state index contributed by atoms with van der Waals surface area (Å²) in [6.07, 6.45) is 1.33. The second kappa shape index (κ2) is 11.5. The van der Waals surface area contributed by atoms with Crippen LogP contribution in [0.15, 0.2) is 53.3 Å². The summed E-state index contributed by atoms with van der Waals surface area (Å²) in [4.78, 5) is 68.1. The first-order chi connectivity index (χ1) is 24.3. The van der Waals surface area contributed by atoms with Gasteiger partial charge in [-0.3, -0.25) is 19.2 Å². The van der Waals surface area contributed by atoms with E-state index in [-0.39, 0.29) is 36.9 Å². The third kappa shape index (κ3) is 4.38. The van der Waals surface area contributed by atoms with Gasteiger partial charge in [0.05, 0.1) is 23.5 Å². The van der Waals surface area contributed by atoms with Crippen molar-refractivity contribution in [2.24, 2.45) is 44.8 Å². The molecule has 280 valence electrons. The summed E-state index contributed by atoms with van der Waals surface area (Å²) in [5.41, 5.74) is -3.65. The Balaban J connectivity index is 1.51. The molecule has 0 N–H and O–H groups in total. The van der Waals surface area contributed by atoms with Gasteiger partial charge in [0, 0.05) is 44.4 Å². The molecule has 10 heteroatoms. The Morgan fingerprint density at radius 2 is 1.54 bits per heavy atom. The first kappa shape index (κ1) is 36.4. The molecule has 10 nitrogen and oxygen atoms in total. The maximum absolute atomic E-state index is 14.4. The van der Waals surface area contributed by atoms with Gasteiger partial charge < -0.3 is 23.7 Å². The zero-order valence-electron chi connectivity index (χ0n) is 32.0. The molecule has 0 aromatic heterocycles. The molecule has 1 heterocycles. The summed E-state index contributed by atoms with van der Waals surface area (Å²) >= 11 is 0. The number of ether oxygens (including phenoxy) is 5. The van der Waals surface area contributed by atoms with Crippen LogP contribution in [0.5, 0.6) is 0 Å². The average Bonchev–Trinajstić information content (AvgIpc) is 3.45. The minimum absolute atomic E-state index is 0.0544. The van der Waals surface area contributed by atoms with Crippen LogP contribution in [0.4, 0.5) is 0 Å². The summed E-state index contributed by atoms with van der Waals surface area (Å²) in [6.45, 7) is 17.1. The van der Waals surface area contributed by atoms with E-state index in [9.17, 15) is 24.0 Å². The number of hydrogen-bond acceptors (Lipinski definition) is 10. The van der Waals surface area contributed by atoms with Crippen molar-refractivity contribution in [1.29, 1.82) is 0 Å². The van der Waals surface area contributed by atoms with Crippen LogP contribution < -0.4 is 0 Å². The molecule has 3 saturated carbocycles. The molecule has 2 bridgehead atoms. The van der Waals surface area contributed by atoms with Crippen molar-refractivity contribution >= 4 is 29.7 Å². The Labute approximate surface area is 306 Å². The first-order valence-corrected chi connectivity index (χ1v) is 18.6. The second-order valence-electron chi connectivity index (χ2n) is 17.6. The quantitative estimate of drug-likeness (QED) is 0.184. The van der Waals surface area contributed by atoms with Gasteiger partial charge in [-0.1, -0.05) is 44.5 Å². The standard InChI is InChI=1S/C42H52O10/c1-22-16-31(51-35(46)27-14-12-11-13-15-27)40(9)32(50-26(5)44)20-37(6)21-41(40,52-36(37)47)42(22)23(2)18-39(8)30-17-28(45)33(48-10)24(3)38(30,7)19-29(34(39)42)49-25(4)43/h11-16,23,29-32,34H,17-21H2,1-10H3. The number of methoxy groups -OCH3 is 1. The highest BCUT2D eigenvalue weighted by Crippen LogP contribution is 2.82. The predicted molar refractivity (Wildman–Crippen MR) is 188 cm³/mol. The van der Waals surface area contributed by atoms with Crippen LogP contribution in [0.2, 0.25) is 0 Å². The van der Waals surface area contributed by atoms with Crippen molar-refractivity contribution in [3.8, 4) is 0 Å². The Kier molecular flexibility index (Phi) is 8.07. The molecule has 2 spiro atoms. The molecule has 1 saturated heterocycles. The van der Waals surface area contributed by atoms with Gasteiger partial charge in [0.1, 0.15) is 23.9 Å². The van der Waals surface area contributed by atoms with E-state index in [1.165, 1.54) is 21.0 Å². The monoisotopic (exact) mass is 716 g/mol. The van der Waals surface area contributed by atoms with Gasteiger partial charge in [0.25, 0.3) is 0 Å². The highest BCUT2D eigenvalue weighted by atomic mass is 16.6. The number of esters is 4. The van der Waals surface area contributed by atoms with Gasteiger partial charge in [-0.15, -0.1) is 0 Å². The molecule has 0 amide bonds. The van der Waals surface area contributed by atoms with Crippen LogP contribution in [0, 0.1) is 44.8 Å². The van der Waals surface area contributed by atoms with E-state index in [0.717, 1.165) is 11.1 Å². The van der Waals surface area contributed by atoms with Crippen molar-refractivity contribution in [3.05, 3.63) is 58.9 Å². The molecule has 6 aliphatic rings. The third-order valence-corrected chi connectivity index (χ3v) is 15.1. The first-order valence-electron chi connectivity index (χ1n) is 18.6. The van der Waals surface area contributed by atoms with E-state index >= 15 is 0 Å². The van der Waals surface area contributed by atoms with Crippen molar-refractivity contribution in [2.45, 2.75) is 118 Å². The van der Waals surface area contributed by atoms with E-state index < -0.39 is 80.8 Å². The minimum atomic E-state index is -1.36. The van der Waals surface area contributed by atoms with E-state index in [1.54, 1.807) is 24.3 Å². The maximum Gasteiger partial charge on any atom is 0.338 e. The summed E-state index contributed by atoms with van der Waals surface area (Å²) in [5, 5.41) is 0. The SMILES string of the molecule is COC1=C(C)C2(C)CC(OC(C)=O)C3C(C)(CC(C)C34C(C)=CC(OC(=O)c3ccccc3)C3(C)C(OC(C)=O)CC5(C)CC34OC5=O)C2CC1=O. The molecule has 1 aromatic rings. The number of hydrogen-bond donors (Lipinski definition) is 0. The lowest BCUT2D eigenvalue weighted by atomic mass is 9.37. The van der Waals surface area contributed by atoms with Gasteiger partial charge in [0.15, 0.2) is 11.5 Å². The van der Waals surface area contributed by atoms with Crippen molar-refractivity contribution in [1.82, 2.24) is 0 Å². The lowest BCUT2D eigenvalue weighted by Crippen LogP contribution is -2.75. The fourth-order valence-corrected chi connectivity index (χ4v) is 13.3. The largest absolute Gasteiger partial charge is 0.493 e. The molecule has 12 unspecified atom stereocenters. The molecule has 7 rings (SSSR count). The molecule has 52 heavy (non-hydrogen) atoms. The number of carbonyl (C=O) groups excluding carboxylic acids is 5. The number of carbonyl (C=O) groups is 5. The molecule has 12 atom stereocenters. The fourth-order valence-electron chi connectivity index (χ4n) is 13.3. The average molecular weight is 717 g/mol. The van der Waals surface area contributed by atoms with Gasteiger partial charge >= 0.3 is 23.9 Å². The number of Topliss-reactive ketones (excluding diaryl/α,β-unsaturated/α-hetero) is 1. The molecule has 5 aliphatic carbocycles. The van der Waals surface area contributed by atoms with Crippen LogP contribution >= 0.6 is 0 Å². The number of allylic oxidation sites excluding steroid dienone is 2. The lowest BCUT2D eigenvalue weighted by molar-refractivity contribution is -0.275. The van der Waals surface area contributed by atoms with Gasteiger partial charge in [-0.05, 0) is 87.0 Å². The second-order valence-corrected chi connectivity index (χ2v) is 17.6. The predicted octanol–water partition coefficient (Wildman–Crippen LogP) is 6.71. The number of ketones is 1. The summed E-state index contributed by atoms with van der Waals surface area (Å²) in [6, 6.07) is 8.71. The van der Waals surface area contributed by atoms with Gasteiger partial charge in [-0.25, -0.2) is 4.79 Å². The van der Waals surface area contributed by atoms with E-state index in [4.69, 9.17) is 23.7 Å². The fraction of sp³-hybridized carbons (Fsp3) is 0.643. The zero-order chi connectivity index (χ0) is 38.0. The highest BCUT2D eigenvalue weighted by molar-refractivity contribution is 5.96. The normalized spacial score (nSPS) is 44.5. The molecule has 1 aromatic carbocycles. The molecule has 0 radical (unpaired) electrons. The van der Waals surface area contributed by atoms with E-state index in [2.05, 4.69) is 20.8 Å². The van der Waals surface area contributed by atoms with Crippen LogP contribution in [-0.2, 0) is 42.9 Å². The van der Waals surface area contributed by atoms with Crippen molar-refractivity contribution in [3.63, 3.8) is 0 Å². The van der Waals surface area contributed by atoms with Crippen LogP contribution in [0.1, 0.15) is 105 Å². The lowest BCUT2D eigenvalue weighted by Gasteiger charge is -2.69. The Morgan fingerprint density at radius 1 is 0.885 bits per heavy atom. The van der Waals surface area contributed by atoms with Crippen LogP contribution in [-0.4, -0.2) is 60.7 Å². The highest BCUT2D eigenvalue weighted by Gasteiger charge is 2.87. The molecular weight excluding hydrogens is 664 g/mol. The Bertz CT molecular complexity index is 1830. The number of fused-ring (bicyclic) bond motifs is 5. The molecule has 4 fully saturated rings. The van der Waals surface area contributed by atoms with Crippen LogP contribution in [0.25, 0.3) is 0 Å².